The number of methoxy groups -OCH3 is 1. The fourth-order valence-corrected chi connectivity index (χ4v) is 0.553. The van der Waals surface area contributed by atoms with Crippen LogP contribution in [0.2, 0.25) is 0 Å². The molecule has 0 aromatic carbocycles. The molecule has 0 radical (unpaired) electrons. The third kappa shape index (κ3) is 2.90. The lowest BCUT2D eigenvalue weighted by molar-refractivity contribution is -0.143. The van der Waals surface area contributed by atoms with Gasteiger partial charge in [0.25, 0.3) is 0 Å². The van der Waals surface area contributed by atoms with E-state index in [4.69, 9.17) is 0 Å². The first-order valence-electron chi connectivity index (χ1n) is 2.93. The maximum atomic E-state index is 10.6. The van der Waals surface area contributed by atoms with E-state index in [-0.39, 0.29) is 11.9 Å². The van der Waals surface area contributed by atoms with Gasteiger partial charge < -0.3 is 4.74 Å². The molecule has 52 valence electrons. The van der Waals surface area contributed by atoms with E-state index in [1.807, 2.05) is 13.0 Å². The molecule has 9 heavy (non-hydrogen) atoms. The topological polar surface area (TPSA) is 26.3 Å². The van der Waals surface area contributed by atoms with E-state index in [0.29, 0.717) is 0 Å². The van der Waals surface area contributed by atoms with Crippen molar-refractivity contribution in [3.8, 4) is 0 Å². The van der Waals surface area contributed by atoms with Crippen molar-refractivity contribution in [2.24, 2.45) is 5.92 Å². The normalized spacial score (nSPS) is 13.7. The highest BCUT2D eigenvalue weighted by atomic mass is 16.5. The Morgan fingerprint density at radius 1 is 1.67 bits per heavy atom. The van der Waals surface area contributed by atoms with E-state index in [9.17, 15) is 4.79 Å². The minimum atomic E-state index is -0.187. The van der Waals surface area contributed by atoms with E-state index < -0.39 is 0 Å². The van der Waals surface area contributed by atoms with Crippen LogP contribution in [0.1, 0.15) is 13.8 Å². The Balaban J connectivity index is 3.72. The van der Waals surface area contributed by atoms with Crippen molar-refractivity contribution in [2.45, 2.75) is 13.8 Å². The summed E-state index contributed by atoms with van der Waals surface area (Å²) < 4.78 is 4.47. The van der Waals surface area contributed by atoms with Gasteiger partial charge in [0.05, 0.1) is 13.0 Å². The first-order chi connectivity index (χ1) is 4.22. The molecule has 1 atom stereocenters. The van der Waals surface area contributed by atoms with Crippen LogP contribution in [-0.4, -0.2) is 13.1 Å². The predicted octanol–water partition coefficient (Wildman–Crippen LogP) is 1.37. The third-order valence-electron chi connectivity index (χ3n) is 1.05. The number of rotatable bonds is 2. The Kier molecular flexibility index (Phi) is 3.76. The molecule has 0 heterocycles. The molecule has 0 saturated carbocycles. The summed E-state index contributed by atoms with van der Waals surface area (Å²) in [5, 5.41) is 0. The number of allylic oxidation sites excluding steroid dienone is 1. The van der Waals surface area contributed by atoms with Gasteiger partial charge in [0.1, 0.15) is 0 Å². The first-order valence-corrected chi connectivity index (χ1v) is 2.93. The monoisotopic (exact) mass is 128 g/mol. The average Bonchev–Trinajstić information content (AvgIpc) is 1.87. The molecule has 0 spiro atoms. The standard InChI is InChI=1S/C7H12O2/c1-4-5-6(2)7(8)9-3/h4-6H,1-3H3/b5-4-. The number of hydrogen-bond donors (Lipinski definition) is 0. The van der Waals surface area contributed by atoms with Gasteiger partial charge in [0.15, 0.2) is 0 Å². The Morgan fingerprint density at radius 3 is 2.56 bits per heavy atom. The molecule has 0 rings (SSSR count). The molecule has 0 aliphatic carbocycles. The van der Waals surface area contributed by atoms with E-state index >= 15 is 0 Å². The van der Waals surface area contributed by atoms with E-state index in [0.717, 1.165) is 0 Å². The molecular weight excluding hydrogens is 116 g/mol. The Hall–Kier alpha value is -0.790. The average molecular weight is 128 g/mol. The van der Waals surface area contributed by atoms with Crippen LogP contribution in [0.15, 0.2) is 12.2 Å². The van der Waals surface area contributed by atoms with Gasteiger partial charge in [0, 0.05) is 0 Å². The summed E-state index contributed by atoms with van der Waals surface area (Å²) in [5.74, 6) is -0.298. The highest BCUT2D eigenvalue weighted by Crippen LogP contribution is 1.98. The van der Waals surface area contributed by atoms with Gasteiger partial charge in [0.2, 0.25) is 0 Å². The molecule has 2 heteroatoms. The summed E-state index contributed by atoms with van der Waals surface area (Å²) in [7, 11) is 1.39. The summed E-state index contributed by atoms with van der Waals surface area (Å²) in [4.78, 5) is 10.6. The molecular formula is C7H12O2. The van der Waals surface area contributed by atoms with Crippen molar-refractivity contribution in [1.29, 1.82) is 0 Å². The van der Waals surface area contributed by atoms with Gasteiger partial charge in [-0.05, 0) is 13.8 Å². The zero-order valence-electron chi connectivity index (χ0n) is 6.05. The quantitative estimate of drug-likeness (QED) is 0.414. The number of carbonyl (C=O) groups excluding carboxylic acids is 1. The van der Waals surface area contributed by atoms with Crippen molar-refractivity contribution in [1.82, 2.24) is 0 Å². The second kappa shape index (κ2) is 4.13. The first kappa shape index (κ1) is 8.21. The fourth-order valence-electron chi connectivity index (χ4n) is 0.553. The lowest BCUT2D eigenvalue weighted by Crippen LogP contribution is -2.09. The largest absolute Gasteiger partial charge is 0.469 e. The minimum absolute atomic E-state index is 0.111. The van der Waals surface area contributed by atoms with Crippen LogP contribution >= 0.6 is 0 Å². The van der Waals surface area contributed by atoms with Crippen LogP contribution < -0.4 is 0 Å². The van der Waals surface area contributed by atoms with Crippen molar-refractivity contribution >= 4 is 5.97 Å². The number of hydrogen-bond acceptors (Lipinski definition) is 2. The molecule has 0 N–H and O–H groups in total. The minimum Gasteiger partial charge on any atom is -0.469 e. The lowest BCUT2D eigenvalue weighted by Gasteiger charge is -2.00. The second-order valence-electron chi connectivity index (χ2n) is 1.84. The highest BCUT2D eigenvalue weighted by molar-refractivity contribution is 5.73. The second-order valence-corrected chi connectivity index (χ2v) is 1.84. The molecule has 0 saturated heterocycles. The maximum Gasteiger partial charge on any atom is 0.312 e. The van der Waals surface area contributed by atoms with Crippen molar-refractivity contribution in [3.05, 3.63) is 12.2 Å². The Labute approximate surface area is 55.5 Å². The van der Waals surface area contributed by atoms with E-state index in [2.05, 4.69) is 4.74 Å². The molecule has 0 aliphatic heterocycles. The molecule has 0 bridgehead atoms. The van der Waals surface area contributed by atoms with E-state index in [1.165, 1.54) is 7.11 Å². The predicted molar refractivity (Wildman–Crippen MR) is 36.0 cm³/mol. The molecule has 0 aliphatic rings. The van der Waals surface area contributed by atoms with Gasteiger partial charge in [-0.2, -0.15) is 0 Å². The molecule has 0 aromatic heterocycles. The van der Waals surface area contributed by atoms with Crippen LogP contribution in [0.4, 0.5) is 0 Å². The SMILES string of the molecule is C/C=C\C(C)C(=O)OC. The molecule has 0 fully saturated rings. The van der Waals surface area contributed by atoms with Crippen molar-refractivity contribution < 1.29 is 9.53 Å². The van der Waals surface area contributed by atoms with Crippen LogP contribution in [0.3, 0.4) is 0 Å². The summed E-state index contributed by atoms with van der Waals surface area (Å²) >= 11 is 0. The smallest absolute Gasteiger partial charge is 0.312 e. The lowest BCUT2D eigenvalue weighted by atomic mass is 10.2. The van der Waals surface area contributed by atoms with Crippen LogP contribution in [0, 0.1) is 5.92 Å². The summed E-state index contributed by atoms with van der Waals surface area (Å²) in [6, 6.07) is 0. The number of ether oxygens (including phenoxy) is 1. The summed E-state index contributed by atoms with van der Waals surface area (Å²) in [5.41, 5.74) is 0. The number of esters is 1. The molecule has 1 unspecified atom stereocenters. The Morgan fingerprint density at radius 2 is 2.22 bits per heavy atom. The van der Waals surface area contributed by atoms with Gasteiger partial charge in [-0.15, -0.1) is 0 Å². The summed E-state index contributed by atoms with van der Waals surface area (Å²) in [6.45, 7) is 3.67. The van der Waals surface area contributed by atoms with Crippen LogP contribution in [0.25, 0.3) is 0 Å². The van der Waals surface area contributed by atoms with Crippen molar-refractivity contribution in [2.75, 3.05) is 7.11 Å². The third-order valence-corrected chi connectivity index (χ3v) is 1.05. The Bertz CT molecular complexity index is 116. The zero-order chi connectivity index (χ0) is 7.28. The summed E-state index contributed by atoms with van der Waals surface area (Å²) in [6.07, 6.45) is 3.63. The fraction of sp³-hybridized carbons (Fsp3) is 0.571. The van der Waals surface area contributed by atoms with Gasteiger partial charge in [-0.25, -0.2) is 0 Å². The molecule has 2 nitrogen and oxygen atoms in total. The van der Waals surface area contributed by atoms with Gasteiger partial charge in [-0.3, -0.25) is 4.79 Å². The van der Waals surface area contributed by atoms with Gasteiger partial charge >= 0.3 is 5.97 Å². The van der Waals surface area contributed by atoms with Crippen LogP contribution in [-0.2, 0) is 9.53 Å². The van der Waals surface area contributed by atoms with Gasteiger partial charge in [-0.1, -0.05) is 12.2 Å². The number of carbonyl (C=O) groups is 1. The maximum absolute atomic E-state index is 10.6. The van der Waals surface area contributed by atoms with E-state index in [1.54, 1.807) is 13.0 Å². The highest BCUT2D eigenvalue weighted by Gasteiger charge is 2.06. The molecule has 0 amide bonds. The van der Waals surface area contributed by atoms with Crippen molar-refractivity contribution in [3.63, 3.8) is 0 Å². The molecule has 0 aromatic rings. The zero-order valence-corrected chi connectivity index (χ0v) is 6.05. The van der Waals surface area contributed by atoms with Crippen LogP contribution in [0.5, 0.6) is 0 Å².